The van der Waals surface area contributed by atoms with Gasteiger partial charge in [-0.2, -0.15) is 0 Å². The molecule has 2 rings (SSSR count). The Kier molecular flexibility index (Phi) is 5.00. The van der Waals surface area contributed by atoms with Crippen molar-refractivity contribution >= 4 is 17.2 Å². The number of likely N-dealkylation sites (tertiary alicyclic amines) is 1. The Labute approximate surface area is 127 Å². The quantitative estimate of drug-likeness (QED) is 0.846. The van der Waals surface area contributed by atoms with Crippen molar-refractivity contribution in [3.63, 3.8) is 0 Å². The van der Waals surface area contributed by atoms with Crippen LogP contribution in [0.3, 0.4) is 0 Å². The Balaban J connectivity index is 2.26. The largest absolute Gasteiger partial charge is 0.496 e. The fraction of sp³-hybridized carbons (Fsp3) is 0.562. The molecule has 110 valence electrons. The third-order valence-electron chi connectivity index (χ3n) is 4.34. The molecule has 4 heteroatoms. The van der Waals surface area contributed by atoms with Crippen LogP contribution in [0.2, 0.25) is 0 Å². The standard InChI is InChI=1S/C16H24N2OS/c1-4-14-7-5-11(2)18(14)10-13-9-12(16(17)20)6-8-15(13)19-3/h6,8-9,11,14H,4-5,7,10H2,1-3H3,(H2,17,20). The van der Waals surface area contributed by atoms with Gasteiger partial charge in [-0.25, -0.2) is 0 Å². The second kappa shape index (κ2) is 6.55. The van der Waals surface area contributed by atoms with Crippen LogP contribution in [0.4, 0.5) is 0 Å². The van der Waals surface area contributed by atoms with E-state index in [0.717, 1.165) is 17.9 Å². The Morgan fingerprint density at radius 2 is 2.20 bits per heavy atom. The fourth-order valence-electron chi connectivity index (χ4n) is 3.10. The lowest BCUT2D eigenvalue weighted by molar-refractivity contribution is 0.187. The number of nitrogens with two attached hydrogens (primary N) is 1. The van der Waals surface area contributed by atoms with Gasteiger partial charge < -0.3 is 10.5 Å². The molecule has 2 atom stereocenters. The number of rotatable bonds is 5. The van der Waals surface area contributed by atoms with Crippen molar-refractivity contribution in [3.05, 3.63) is 29.3 Å². The normalized spacial score (nSPS) is 22.9. The highest BCUT2D eigenvalue weighted by atomic mass is 32.1. The lowest BCUT2D eigenvalue weighted by Gasteiger charge is -2.28. The van der Waals surface area contributed by atoms with Crippen LogP contribution in [0.15, 0.2) is 18.2 Å². The van der Waals surface area contributed by atoms with Crippen LogP contribution in [0, 0.1) is 0 Å². The molecule has 1 fully saturated rings. The average Bonchev–Trinajstić information content (AvgIpc) is 2.79. The summed E-state index contributed by atoms with van der Waals surface area (Å²) in [6, 6.07) is 7.25. The van der Waals surface area contributed by atoms with Gasteiger partial charge in [0.15, 0.2) is 0 Å². The molecular weight excluding hydrogens is 268 g/mol. The van der Waals surface area contributed by atoms with Crippen LogP contribution in [-0.2, 0) is 6.54 Å². The minimum atomic E-state index is 0.440. The van der Waals surface area contributed by atoms with Crippen molar-refractivity contribution in [2.24, 2.45) is 5.73 Å². The van der Waals surface area contributed by atoms with Gasteiger partial charge in [0.25, 0.3) is 0 Å². The van der Waals surface area contributed by atoms with E-state index in [9.17, 15) is 0 Å². The van der Waals surface area contributed by atoms with E-state index < -0.39 is 0 Å². The summed E-state index contributed by atoms with van der Waals surface area (Å²) < 4.78 is 5.48. The van der Waals surface area contributed by atoms with Crippen molar-refractivity contribution in [2.45, 2.75) is 51.7 Å². The van der Waals surface area contributed by atoms with Crippen LogP contribution in [0.5, 0.6) is 5.75 Å². The first-order valence-electron chi connectivity index (χ1n) is 7.29. The van der Waals surface area contributed by atoms with Gasteiger partial charge in [0.2, 0.25) is 0 Å². The number of benzene rings is 1. The maximum atomic E-state index is 5.74. The predicted molar refractivity (Wildman–Crippen MR) is 87.2 cm³/mol. The Morgan fingerprint density at radius 1 is 1.45 bits per heavy atom. The van der Waals surface area contributed by atoms with E-state index >= 15 is 0 Å². The highest BCUT2D eigenvalue weighted by Crippen LogP contribution is 2.30. The SMILES string of the molecule is CCC1CCC(C)N1Cc1cc(C(N)=S)ccc1OC. The molecule has 1 heterocycles. The summed E-state index contributed by atoms with van der Waals surface area (Å²) >= 11 is 5.08. The smallest absolute Gasteiger partial charge is 0.123 e. The molecule has 0 aromatic heterocycles. The van der Waals surface area contributed by atoms with Crippen molar-refractivity contribution in [3.8, 4) is 5.75 Å². The lowest BCUT2D eigenvalue weighted by Crippen LogP contribution is -2.33. The van der Waals surface area contributed by atoms with Crippen LogP contribution in [0.1, 0.15) is 44.2 Å². The third kappa shape index (κ3) is 3.13. The summed E-state index contributed by atoms with van der Waals surface area (Å²) in [7, 11) is 1.71. The summed E-state index contributed by atoms with van der Waals surface area (Å²) in [5.41, 5.74) is 7.82. The van der Waals surface area contributed by atoms with Gasteiger partial charge in [0, 0.05) is 29.8 Å². The van der Waals surface area contributed by atoms with E-state index in [2.05, 4.69) is 24.8 Å². The molecule has 0 radical (unpaired) electrons. The van der Waals surface area contributed by atoms with E-state index in [4.69, 9.17) is 22.7 Å². The average molecular weight is 292 g/mol. The first kappa shape index (κ1) is 15.3. The van der Waals surface area contributed by atoms with Crippen LogP contribution in [0.25, 0.3) is 0 Å². The monoisotopic (exact) mass is 292 g/mol. The molecule has 1 aliphatic heterocycles. The number of ether oxygens (including phenoxy) is 1. The van der Waals surface area contributed by atoms with Crippen molar-refractivity contribution in [2.75, 3.05) is 7.11 Å². The molecular formula is C16H24N2OS. The number of hydrogen-bond acceptors (Lipinski definition) is 3. The second-order valence-electron chi connectivity index (χ2n) is 5.55. The minimum absolute atomic E-state index is 0.440. The molecule has 3 nitrogen and oxygen atoms in total. The molecule has 1 aliphatic rings. The van der Waals surface area contributed by atoms with Gasteiger partial charge in [-0.15, -0.1) is 0 Å². The summed E-state index contributed by atoms with van der Waals surface area (Å²) in [4.78, 5) is 3.01. The van der Waals surface area contributed by atoms with Gasteiger partial charge in [-0.3, -0.25) is 4.90 Å². The molecule has 2 unspecified atom stereocenters. The number of nitrogens with zero attached hydrogens (tertiary/aromatic N) is 1. The van der Waals surface area contributed by atoms with Gasteiger partial charge in [0.1, 0.15) is 10.7 Å². The highest BCUT2D eigenvalue weighted by Gasteiger charge is 2.29. The van der Waals surface area contributed by atoms with Crippen LogP contribution < -0.4 is 10.5 Å². The molecule has 0 amide bonds. The summed E-state index contributed by atoms with van der Waals surface area (Å²) in [5, 5.41) is 0. The van der Waals surface area contributed by atoms with E-state index in [1.165, 1.54) is 24.8 Å². The van der Waals surface area contributed by atoms with Gasteiger partial charge >= 0.3 is 0 Å². The van der Waals surface area contributed by atoms with Gasteiger partial charge in [0.05, 0.1) is 7.11 Å². The zero-order chi connectivity index (χ0) is 14.7. The maximum absolute atomic E-state index is 5.74. The minimum Gasteiger partial charge on any atom is -0.496 e. The first-order chi connectivity index (χ1) is 9.56. The fourth-order valence-corrected chi connectivity index (χ4v) is 3.23. The first-order valence-corrected chi connectivity index (χ1v) is 7.70. The van der Waals surface area contributed by atoms with Crippen molar-refractivity contribution < 1.29 is 4.74 Å². The Hall–Kier alpha value is -1.13. The molecule has 2 N–H and O–H groups in total. The van der Waals surface area contributed by atoms with E-state index in [0.29, 0.717) is 17.1 Å². The summed E-state index contributed by atoms with van der Waals surface area (Å²) in [6.45, 7) is 5.47. The Morgan fingerprint density at radius 3 is 2.80 bits per heavy atom. The molecule has 1 aromatic rings. The van der Waals surface area contributed by atoms with Crippen molar-refractivity contribution in [1.29, 1.82) is 0 Å². The molecule has 0 aliphatic carbocycles. The van der Waals surface area contributed by atoms with Gasteiger partial charge in [-0.1, -0.05) is 19.1 Å². The zero-order valence-electron chi connectivity index (χ0n) is 12.6. The van der Waals surface area contributed by atoms with Crippen molar-refractivity contribution in [1.82, 2.24) is 4.90 Å². The zero-order valence-corrected chi connectivity index (χ0v) is 13.4. The number of methoxy groups -OCH3 is 1. The topological polar surface area (TPSA) is 38.5 Å². The molecule has 1 saturated heterocycles. The molecule has 20 heavy (non-hydrogen) atoms. The highest BCUT2D eigenvalue weighted by molar-refractivity contribution is 7.80. The second-order valence-corrected chi connectivity index (χ2v) is 5.99. The maximum Gasteiger partial charge on any atom is 0.123 e. The van der Waals surface area contributed by atoms with E-state index in [-0.39, 0.29) is 0 Å². The van der Waals surface area contributed by atoms with E-state index in [1.54, 1.807) is 7.11 Å². The van der Waals surface area contributed by atoms with Crippen LogP contribution in [-0.4, -0.2) is 29.1 Å². The lowest BCUT2D eigenvalue weighted by atomic mass is 10.1. The van der Waals surface area contributed by atoms with Gasteiger partial charge in [-0.05, 0) is 44.4 Å². The molecule has 0 spiro atoms. The Bertz CT molecular complexity index is 489. The van der Waals surface area contributed by atoms with E-state index in [1.807, 2.05) is 12.1 Å². The third-order valence-corrected chi connectivity index (χ3v) is 4.58. The molecule has 1 aromatic carbocycles. The van der Waals surface area contributed by atoms with Crippen LogP contribution >= 0.6 is 12.2 Å². The number of hydrogen-bond donors (Lipinski definition) is 1. The number of thiocarbonyl (C=S) groups is 1. The summed E-state index contributed by atoms with van der Waals surface area (Å²) in [6.07, 6.45) is 3.76. The summed E-state index contributed by atoms with van der Waals surface area (Å²) in [5.74, 6) is 0.916. The predicted octanol–water partition coefficient (Wildman–Crippen LogP) is 3.09. The molecule has 0 bridgehead atoms. The molecule has 0 saturated carbocycles.